The molecule has 0 amide bonds. The highest BCUT2D eigenvalue weighted by Gasteiger charge is 2.10. The van der Waals surface area contributed by atoms with Crippen molar-refractivity contribution in [3.63, 3.8) is 0 Å². The molecular formula is C7H8ClFN4S. The van der Waals surface area contributed by atoms with Crippen LogP contribution in [-0.2, 0) is 6.54 Å². The van der Waals surface area contributed by atoms with Crippen LogP contribution in [0.5, 0.6) is 0 Å². The monoisotopic (exact) mass is 234 g/mol. The summed E-state index contributed by atoms with van der Waals surface area (Å²) in [6.07, 6.45) is 0. The first-order valence-corrected chi connectivity index (χ1v) is 4.44. The second kappa shape index (κ2) is 4.04. The van der Waals surface area contributed by atoms with E-state index in [1.165, 1.54) is 11.3 Å². The van der Waals surface area contributed by atoms with Crippen LogP contribution in [0.2, 0.25) is 0 Å². The first-order chi connectivity index (χ1) is 6.22. The van der Waals surface area contributed by atoms with Crippen LogP contribution in [0.15, 0.2) is 6.07 Å². The summed E-state index contributed by atoms with van der Waals surface area (Å²) in [7, 11) is 0. The van der Waals surface area contributed by atoms with Crippen LogP contribution in [0.25, 0.3) is 10.1 Å². The SMILES string of the molecule is Cl.NCc1cc2c(N)nnc(F)c2s1. The maximum absolute atomic E-state index is 13.1. The minimum Gasteiger partial charge on any atom is -0.382 e. The third-order valence-corrected chi connectivity index (χ3v) is 2.83. The fourth-order valence-corrected chi connectivity index (χ4v) is 2.00. The maximum Gasteiger partial charge on any atom is 0.251 e. The Balaban J connectivity index is 0.000000980. The minimum absolute atomic E-state index is 0. The van der Waals surface area contributed by atoms with Crippen LogP contribution < -0.4 is 11.5 Å². The van der Waals surface area contributed by atoms with Crippen LogP contribution in [0.3, 0.4) is 0 Å². The molecule has 2 heterocycles. The Kier molecular flexibility index (Phi) is 3.20. The predicted molar refractivity (Wildman–Crippen MR) is 56.9 cm³/mol. The second-order valence-corrected chi connectivity index (χ2v) is 3.67. The molecule has 4 N–H and O–H groups in total. The van der Waals surface area contributed by atoms with E-state index in [1.807, 2.05) is 0 Å². The number of aromatic nitrogens is 2. The zero-order valence-corrected chi connectivity index (χ0v) is 8.66. The lowest BCUT2D eigenvalue weighted by atomic mass is 10.3. The van der Waals surface area contributed by atoms with E-state index >= 15 is 0 Å². The highest BCUT2D eigenvalue weighted by Crippen LogP contribution is 2.29. The van der Waals surface area contributed by atoms with Gasteiger partial charge in [-0.05, 0) is 6.07 Å². The summed E-state index contributed by atoms with van der Waals surface area (Å²) in [5.41, 5.74) is 10.9. The lowest BCUT2D eigenvalue weighted by Gasteiger charge is -1.92. The van der Waals surface area contributed by atoms with Gasteiger partial charge < -0.3 is 11.5 Å². The van der Waals surface area contributed by atoms with Crippen LogP contribution in [0.4, 0.5) is 10.2 Å². The number of rotatable bonds is 1. The molecule has 0 aliphatic heterocycles. The van der Waals surface area contributed by atoms with Crippen molar-refractivity contribution in [2.24, 2.45) is 5.73 Å². The Bertz CT molecular complexity index is 419. The van der Waals surface area contributed by atoms with E-state index in [4.69, 9.17) is 11.5 Å². The van der Waals surface area contributed by atoms with Gasteiger partial charge in [-0.2, -0.15) is 4.39 Å². The Hall–Kier alpha value is -0.980. The molecule has 0 aromatic carbocycles. The normalized spacial score (nSPS) is 10.1. The Morgan fingerprint density at radius 3 is 2.71 bits per heavy atom. The summed E-state index contributed by atoms with van der Waals surface area (Å²) in [4.78, 5) is 0.871. The zero-order valence-electron chi connectivity index (χ0n) is 7.03. The molecule has 0 saturated carbocycles. The molecule has 0 unspecified atom stereocenters. The van der Waals surface area contributed by atoms with E-state index in [1.54, 1.807) is 6.07 Å². The van der Waals surface area contributed by atoms with E-state index in [9.17, 15) is 4.39 Å². The van der Waals surface area contributed by atoms with Gasteiger partial charge in [-0.15, -0.1) is 33.9 Å². The minimum atomic E-state index is -0.589. The molecule has 76 valence electrons. The summed E-state index contributed by atoms with van der Waals surface area (Å²) < 4.78 is 13.5. The third-order valence-electron chi connectivity index (χ3n) is 1.69. The average Bonchev–Trinajstić information content (AvgIpc) is 2.56. The maximum atomic E-state index is 13.1. The van der Waals surface area contributed by atoms with E-state index < -0.39 is 5.95 Å². The molecular weight excluding hydrogens is 227 g/mol. The number of hydrogen-bond donors (Lipinski definition) is 2. The van der Waals surface area contributed by atoms with Gasteiger partial charge in [0.05, 0.1) is 4.70 Å². The molecule has 0 atom stereocenters. The molecule has 0 bridgehead atoms. The van der Waals surface area contributed by atoms with Gasteiger partial charge in [-0.1, -0.05) is 0 Å². The number of hydrogen-bond acceptors (Lipinski definition) is 5. The lowest BCUT2D eigenvalue weighted by Crippen LogP contribution is -1.95. The third kappa shape index (κ3) is 1.63. The predicted octanol–water partition coefficient (Wildman–Crippen LogP) is 1.29. The van der Waals surface area contributed by atoms with Crippen molar-refractivity contribution >= 4 is 39.6 Å². The van der Waals surface area contributed by atoms with Gasteiger partial charge in [0.2, 0.25) is 0 Å². The highest BCUT2D eigenvalue weighted by molar-refractivity contribution is 7.19. The lowest BCUT2D eigenvalue weighted by molar-refractivity contribution is 0.580. The number of nitrogens with zero attached hydrogens (tertiary/aromatic N) is 2. The molecule has 0 fully saturated rings. The van der Waals surface area contributed by atoms with E-state index in [2.05, 4.69) is 10.2 Å². The standard InChI is InChI=1S/C7H7FN4S.ClH/c8-6-5-4(7(10)12-11-6)1-3(2-9)13-5;/h1H,2,9H2,(H2,10,12);1H. The number of halogens is 2. The number of anilines is 1. The number of fused-ring (bicyclic) bond motifs is 1. The van der Waals surface area contributed by atoms with Gasteiger partial charge >= 0.3 is 0 Å². The van der Waals surface area contributed by atoms with Gasteiger partial charge in [0.1, 0.15) is 0 Å². The topological polar surface area (TPSA) is 77.8 Å². The van der Waals surface area contributed by atoms with Crippen molar-refractivity contribution in [1.82, 2.24) is 10.2 Å². The van der Waals surface area contributed by atoms with Crippen molar-refractivity contribution in [2.45, 2.75) is 6.54 Å². The molecule has 0 saturated heterocycles. The Labute approximate surface area is 89.5 Å². The largest absolute Gasteiger partial charge is 0.382 e. The summed E-state index contributed by atoms with van der Waals surface area (Å²) >= 11 is 1.26. The van der Waals surface area contributed by atoms with Crippen LogP contribution in [-0.4, -0.2) is 10.2 Å². The van der Waals surface area contributed by atoms with Crippen molar-refractivity contribution in [2.75, 3.05) is 5.73 Å². The van der Waals surface area contributed by atoms with Crippen LogP contribution in [0, 0.1) is 5.95 Å². The van der Waals surface area contributed by atoms with Crippen molar-refractivity contribution in [3.05, 3.63) is 16.9 Å². The molecule has 7 heteroatoms. The molecule has 0 radical (unpaired) electrons. The molecule has 0 aliphatic rings. The van der Waals surface area contributed by atoms with Crippen molar-refractivity contribution in [3.8, 4) is 0 Å². The highest BCUT2D eigenvalue weighted by atomic mass is 35.5. The first kappa shape index (κ1) is 11.1. The summed E-state index contributed by atoms with van der Waals surface area (Å²) in [6, 6.07) is 1.74. The number of nitrogen functional groups attached to an aromatic ring is 1. The molecule has 0 spiro atoms. The first-order valence-electron chi connectivity index (χ1n) is 3.62. The van der Waals surface area contributed by atoms with E-state index in [0.29, 0.717) is 16.6 Å². The second-order valence-electron chi connectivity index (χ2n) is 2.54. The molecule has 2 aromatic heterocycles. The van der Waals surface area contributed by atoms with Crippen LogP contribution in [0.1, 0.15) is 4.88 Å². The molecule has 2 aromatic rings. The summed E-state index contributed by atoms with van der Waals surface area (Å²) in [5.74, 6) is -0.346. The van der Waals surface area contributed by atoms with Gasteiger partial charge in [0.25, 0.3) is 5.95 Å². The Morgan fingerprint density at radius 2 is 2.14 bits per heavy atom. The average molecular weight is 235 g/mol. The van der Waals surface area contributed by atoms with Gasteiger partial charge in [0, 0.05) is 16.8 Å². The van der Waals surface area contributed by atoms with Crippen molar-refractivity contribution < 1.29 is 4.39 Å². The van der Waals surface area contributed by atoms with E-state index in [0.717, 1.165) is 4.88 Å². The molecule has 2 rings (SSSR count). The van der Waals surface area contributed by atoms with Gasteiger partial charge in [-0.3, -0.25) is 0 Å². The summed E-state index contributed by atoms with van der Waals surface area (Å²) in [6.45, 7) is 0.373. The van der Waals surface area contributed by atoms with Crippen molar-refractivity contribution in [1.29, 1.82) is 0 Å². The molecule has 14 heavy (non-hydrogen) atoms. The fourth-order valence-electron chi connectivity index (χ4n) is 1.08. The van der Waals surface area contributed by atoms with Gasteiger partial charge in [-0.25, -0.2) is 0 Å². The van der Waals surface area contributed by atoms with Gasteiger partial charge in [0.15, 0.2) is 5.82 Å². The summed E-state index contributed by atoms with van der Waals surface area (Å²) in [5, 5.41) is 7.35. The molecule has 0 aliphatic carbocycles. The zero-order chi connectivity index (χ0) is 9.42. The molecule has 4 nitrogen and oxygen atoms in total. The quantitative estimate of drug-likeness (QED) is 0.780. The van der Waals surface area contributed by atoms with E-state index in [-0.39, 0.29) is 18.2 Å². The fraction of sp³-hybridized carbons (Fsp3) is 0.143. The smallest absolute Gasteiger partial charge is 0.251 e. The number of thiophene rings is 1. The number of nitrogens with two attached hydrogens (primary N) is 2. The van der Waals surface area contributed by atoms with Crippen LogP contribution >= 0.6 is 23.7 Å². The Morgan fingerprint density at radius 1 is 1.43 bits per heavy atom.